The lowest BCUT2D eigenvalue weighted by atomic mass is 10.1. The fourth-order valence-electron chi connectivity index (χ4n) is 3.47. The van der Waals surface area contributed by atoms with Crippen LogP contribution in [0.3, 0.4) is 0 Å². The Morgan fingerprint density at radius 2 is 1.94 bits per heavy atom. The molecule has 0 unspecified atom stereocenters. The van der Waals surface area contributed by atoms with Gasteiger partial charge in [0.2, 0.25) is 0 Å². The lowest BCUT2D eigenvalue weighted by molar-refractivity contribution is -0.123. The van der Waals surface area contributed by atoms with Crippen molar-refractivity contribution in [2.75, 3.05) is 20.3 Å². The number of rotatable bonds is 9. The van der Waals surface area contributed by atoms with E-state index in [4.69, 9.17) is 9.47 Å². The molecule has 2 aromatic heterocycles. The summed E-state index contributed by atoms with van der Waals surface area (Å²) in [5, 5.41) is 7.50. The van der Waals surface area contributed by atoms with Crippen molar-refractivity contribution < 1.29 is 14.3 Å². The third-order valence-electron chi connectivity index (χ3n) is 5.11. The lowest BCUT2D eigenvalue weighted by Gasteiger charge is -2.09. The number of carbonyl (C=O) groups is 1. The number of benzene rings is 2. The van der Waals surface area contributed by atoms with E-state index >= 15 is 0 Å². The Morgan fingerprint density at radius 1 is 1.12 bits per heavy atom. The van der Waals surface area contributed by atoms with E-state index in [1.165, 1.54) is 12.5 Å². The Hall–Kier alpha value is -4.14. The van der Waals surface area contributed by atoms with E-state index in [1.807, 2.05) is 31.2 Å². The first kappa shape index (κ1) is 22.1. The van der Waals surface area contributed by atoms with Gasteiger partial charge in [0.1, 0.15) is 23.2 Å². The van der Waals surface area contributed by atoms with Gasteiger partial charge in [-0.2, -0.15) is 5.10 Å². The highest BCUT2D eigenvalue weighted by atomic mass is 16.5. The number of fused-ring (bicyclic) bond motifs is 1. The second-order valence-electron chi connectivity index (χ2n) is 7.59. The molecule has 0 aliphatic rings. The highest BCUT2D eigenvalue weighted by Gasteiger charge is 2.11. The molecule has 9 heteroatoms. The molecule has 0 spiro atoms. The van der Waals surface area contributed by atoms with Crippen LogP contribution in [0.15, 0.2) is 65.8 Å². The predicted molar refractivity (Wildman–Crippen MR) is 124 cm³/mol. The van der Waals surface area contributed by atoms with Crippen molar-refractivity contribution >= 4 is 16.9 Å². The highest BCUT2D eigenvalue weighted by Crippen LogP contribution is 2.18. The minimum absolute atomic E-state index is 0.116. The average molecular weight is 447 g/mol. The van der Waals surface area contributed by atoms with Crippen molar-refractivity contribution in [1.29, 1.82) is 0 Å². The van der Waals surface area contributed by atoms with Crippen molar-refractivity contribution in [3.8, 4) is 11.5 Å². The van der Waals surface area contributed by atoms with Crippen molar-refractivity contribution in [2.45, 2.75) is 20.0 Å². The monoisotopic (exact) mass is 447 g/mol. The van der Waals surface area contributed by atoms with E-state index < -0.39 is 0 Å². The summed E-state index contributed by atoms with van der Waals surface area (Å²) in [4.78, 5) is 29.4. The number of hydrogen-bond acceptors (Lipinski definition) is 6. The molecule has 4 aromatic rings. The highest BCUT2D eigenvalue weighted by molar-refractivity contribution is 5.77. The summed E-state index contributed by atoms with van der Waals surface area (Å²) in [7, 11) is 1.57. The summed E-state index contributed by atoms with van der Waals surface area (Å²) in [6.45, 7) is 3.04. The van der Waals surface area contributed by atoms with Gasteiger partial charge in [0.05, 0.1) is 26.4 Å². The van der Waals surface area contributed by atoms with Gasteiger partial charge in [0.15, 0.2) is 12.3 Å². The summed E-state index contributed by atoms with van der Waals surface area (Å²) < 4.78 is 13.8. The van der Waals surface area contributed by atoms with Crippen LogP contribution in [0.1, 0.15) is 11.1 Å². The molecular weight excluding hydrogens is 422 g/mol. The van der Waals surface area contributed by atoms with E-state index in [1.54, 1.807) is 40.6 Å². The van der Waals surface area contributed by atoms with Gasteiger partial charge in [-0.1, -0.05) is 35.9 Å². The SMILES string of the molecule is COc1cccc(OCC(=O)NCCn2ncc3c(=O)n(Cc4cccc(C)c4)cnc32)c1. The van der Waals surface area contributed by atoms with Crippen LogP contribution in [-0.2, 0) is 17.9 Å². The van der Waals surface area contributed by atoms with Crippen LogP contribution in [0.2, 0.25) is 0 Å². The minimum Gasteiger partial charge on any atom is -0.497 e. The maximum absolute atomic E-state index is 12.9. The van der Waals surface area contributed by atoms with Gasteiger partial charge in [-0.3, -0.25) is 14.2 Å². The van der Waals surface area contributed by atoms with Crippen molar-refractivity contribution in [1.82, 2.24) is 24.6 Å². The number of nitrogens with one attached hydrogen (secondary N) is 1. The normalized spacial score (nSPS) is 10.8. The molecule has 2 heterocycles. The molecular formula is C24H25N5O4. The van der Waals surface area contributed by atoms with E-state index in [-0.39, 0.29) is 18.1 Å². The second-order valence-corrected chi connectivity index (χ2v) is 7.59. The molecule has 4 rings (SSSR count). The Bertz CT molecular complexity index is 1330. The van der Waals surface area contributed by atoms with Crippen LogP contribution in [0, 0.1) is 6.92 Å². The third-order valence-corrected chi connectivity index (χ3v) is 5.11. The van der Waals surface area contributed by atoms with Crippen LogP contribution in [-0.4, -0.2) is 45.5 Å². The fraction of sp³-hybridized carbons (Fsp3) is 0.250. The molecule has 9 nitrogen and oxygen atoms in total. The van der Waals surface area contributed by atoms with Gasteiger partial charge in [0.25, 0.3) is 11.5 Å². The summed E-state index contributed by atoms with van der Waals surface area (Å²) in [5.41, 5.74) is 2.51. The van der Waals surface area contributed by atoms with Crippen molar-refractivity contribution in [3.63, 3.8) is 0 Å². The van der Waals surface area contributed by atoms with Crippen LogP contribution in [0.25, 0.3) is 11.0 Å². The van der Waals surface area contributed by atoms with Gasteiger partial charge < -0.3 is 14.8 Å². The first-order valence-corrected chi connectivity index (χ1v) is 10.5. The average Bonchev–Trinajstić information content (AvgIpc) is 3.23. The van der Waals surface area contributed by atoms with E-state index in [0.29, 0.717) is 42.2 Å². The lowest BCUT2D eigenvalue weighted by Crippen LogP contribution is -2.31. The van der Waals surface area contributed by atoms with E-state index in [2.05, 4.69) is 15.4 Å². The standard InChI is InChI=1S/C24H25N5O4/c1-17-5-3-6-18(11-17)14-28-16-26-23-21(24(28)31)13-27-29(23)10-9-25-22(30)15-33-20-8-4-7-19(12-20)32-2/h3-8,11-13,16H,9-10,14-15H2,1-2H3,(H,25,30). The Kier molecular flexibility index (Phi) is 6.68. The summed E-state index contributed by atoms with van der Waals surface area (Å²) in [5.74, 6) is 0.945. The Labute approximate surface area is 190 Å². The second kappa shape index (κ2) is 9.99. The molecule has 0 atom stereocenters. The van der Waals surface area contributed by atoms with Crippen LogP contribution in [0.4, 0.5) is 0 Å². The molecule has 0 saturated heterocycles. The minimum atomic E-state index is -0.261. The molecule has 2 aromatic carbocycles. The zero-order valence-electron chi connectivity index (χ0n) is 18.5. The van der Waals surface area contributed by atoms with E-state index in [0.717, 1.165) is 11.1 Å². The number of aryl methyl sites for hydroxylation is 1. The summed E-state index contributed by atoms with van der Waals surface area (Å²) in [6, 6.07) is 15.1. The number of carbonyl (C=O) groups excluding carboxylic acids is 1. The maximum atomic E-state index is 12.9. The number of nitrogens with zero attached hydrogens (tertiary/aromatic N) is 4. The Balaban J connectivity index is 1.34. The quantitative estimate of drug-likeness (QED) is 0.422. The first-order valence-electron chi connectivity index (χ1n) is 10.5. The van der Waals surface area contributed by atoms with Gasteiger partial charge in [0, 0.05) is 12.6 Å². The van der Waals surface area contributed by atoms with E-state index in [9.17, 15) is 9.59 Å². The Morgan fingerprint density at radius 3 is 2.76 bits per heavy atom. The molecule has 0 radical (unpaired) electrons. The molecule has 0 fully saturated rings. The van der Waals surface area contributed by atoms with Gasteiger partial charge in [-0.05, 0) is 24.6 Å². The smallest absolute Gasteiger partial charge is 0.264 e. The molecule has 0 aliphatic heterocycles. The number of methoxy groups -OCH3 is 1. The number of hydrogen-bond donors (Lipinski definition) is 1. The molecule has 170 valence electrons. The molecule has 0 bridgehead atoms. The number of ether oxygens (including phenoxy) is 2. The number of amides is 1. The first-order chi connectivity index (χ1) is 16.0. The third kappa shape index (κ3) is 5.38. The summed E-state index contributed by atoms with van der Waals surface area (Å²) >= 11 is 0. The zero-order chi connectivity index (χ0) is 23.2. The predicted octanol–water partition coefficient (Wildman–Crippen LogP) is 2.15. The molecule has 0 aliphatic carbocycles. The fourth-order valence-corrected chi connectivity index (χ4v) is 3.47. The largest absolute Gasteiger partial charge is 0.497 e. The van der Waals surface area contributed by atoms with Crippen molar-refractivity contribution in [2.24, 2.45) is 0 Å². The number of aromatic nitrogens is 4. The van der Waals surface area contributed by atoms with Gasteiger partial charge >= 0.3 is 0 Å². The van der Waals surface area contributed by atoms with Crippen molar-refractivity contribution in [3.05, 3.63) is 82.5 Å². The maximum Gasteiger partial charge on any atom is 0.264 e. The van der Waals surface area contributed by atoms with Crippen LogP contribution in [0.5, 0.6) is 11.5 Å². The van der Waals surface area contributed by atoms with Gasteiger partial charge in [-0.25, -0.2) is 9.67 Å². The zero-order valence-corrected chi connectivity index (χ0v) is 18.5. The summed E-state index contributed by atoms with van der Waals surface area (Å²) in [6.07, 6.45) is 3.05. The molecule has 1 amide bonds. The topological polar surface area (TPSA) is 100 Å². The van der Waals surface area contributed by atoms with Gasteiger partial charge in [-0.15, -0.1) is 0 Å². The molecule has 1 N–H and O–H groups in total. The van der Waals surface area contributed by atoms with Crippen LogP contribution >= 0.6 is 0 Å². The molecule has 33 heavy (non-hydrogen) atoms. The van der Waals surface area contributed by atoms with Crippen LogP contribution < -0.4 is 20.3 Å². The molecule has 0 saturated carbocycles.